The van der Waals surface area contributed by atoms with Gasteiger partial charge in [-0.25, -0.2) is 0 Å². The molecule has 0 aliphatic carbocycles. The van der Waals surface area contributed by atoms with Crippen LogP contribution in [0.4, 0.5) is 0 Å². The van der Waals surface area contributed by atoms with Crippen molar-refractivity contribution in [2.24, 2.45) is 0 Å². The normalized spacial score (nSPS) is 12.3. The van der Waals surface area contributed by atoms with E-state index in [0.717, 1.165) is 11.1 Å². The molecule has 0 aliphatic rings. The third-order valence-corrected chi connectivity index (χ3v) is 3.82. The SMILES string of the molecule is Clc1ccc(C(Cl)c2ccc(-c3ccccc3)cc2)o1. The van der Waals surface area contributed by atoms with Gasteiger partial charge in [0.15, 0.2) is 5.22 Å². The van der Waals surface area contributed by atoms with Crippen LogP contribution >= 0.6 is 23.2 Å². The van der Waals surface area contributed by atoms with Crippen LogP contribution in [0.2, 0.25) is 5.22 Å². The maximum Gasteiger partial charge on any atom is 0.193 e. The molecule has 100 valence electrons. The monoisotopic (exact) mass is 302 g/mol. The Bertz CT molecular complexity index is 687. The van der Waals surface area contributed by atoms with E-state index in [4.69, 9.17) is 27.6 Å². The summed E-state index contributed by atoms with van der Waals surface area (Å²) in [6.07, 6.45) is 0. The molecule has 0 radical (unpaired) electrons. The van der Waals surface area contributed by atoms with Crippen LogP contribution in [0.1, 0.15) is 16.7 Å². The van der Waals surface area contributed by atoms with Gasteiger partial charge in [0.2, 0.25) is 0 Å². The molecule has 1 heterocycles. The predicted molar refractivity (Wildman–Crippen MR) is 83.3 cm³/mol. The fourth-order valence-electron chi connectivity index (χ4n) is 2.10. The first kappa shape index (κ1) is 13.3. The van der Waals surface area contributed by atoms with E-state index in [9.17, 15) is 0 Å². The number of halogens is 2. The Hall–Kier alpha value is -1.70. The number of hydrogen-bond donors (Lipinski definition) is 0. The fraction of sp³-hybridized carbons (Fsp3) is 0.0588. The van der Waals surface area contributed by atoms with Crippen molar-refractivity contribution < 1.29 is 4.42 Å². The molecule has 0 saturated carbocycles. The first-order valence-corrected chi connectivity index (χ1v) is 7.10. The molecular formula is C17H12Cl2O. The van der Waals surface area contributed by atoms with Crippen LogP contribution < -0.4 is 0 Å². The van der Waals surface area contributed by atoms with Crippen LogP contribution in [0.25, 0.3) is 11.1 Å². The first-order chi connectivity index (χ1) is 9.74. The number of rotatable bonds is 3. The van der Waals surface area contributed by atoms with Crippen LogP contribution in [-0.2, 0) is 0 Å². The maximum absolute atomic E-state index is 6.39. The van der Waals surface area contributed by atoms with Crippen LogP contribution in [0, 0.1) is 0 Å². The highest BCUT2D eigenvalue weighted by Gasteiger charge is 2.14. The molecule has 2 aromatic carbocycles. The van der Waals surface area contributed by atoms with E-state index in [1.165, 1.54) is 5.56 Å². The second-order valence-corrected chi connectivity index (χ2v) is 5.30. The molecule has 0 bridgehead atoms. The van der Waals surface area contributed by atoms with E-state index >= 15 is 0 Å². The second-order valence-electron chi connectivity index (χ2n) is 4.49. The molecule has 0 saturated heterocycles. The summed E-state index contributed by atoms with van der Waals surface area (Å²) in [7, 11) is 0. The summed E-state index contributed by atoms with van der Waals surface area (Å²) in [5.41, 5.74) is 3.33. The smallest absolute Gasteiger partial charge is 0.193 e. The van der Waals surface area contributed by atoms with Crippen LogP contribution in [-0.4, -0.2) is 0 Å². The molecule has 3 heteroatoms. The van der Waals surface area contributed by atoms with E-state index in [-0.39, 0.29) is 5.38 Å². The third-order valence-electron chi connectivity index (χ3n) is 3.15. The zero-order valence-electron chi connectivity index (χ0n) is 10.6. The summed E-state index contributed by atoms with van der Waals surface area (Å²) in [6, 6.07) is 21.9. The molecule has 1 aromatic heterocycles. The molecule has 3 rings (SSSR count). The number of alkyl halides is 1. The zero-order valence-corrected chi connectivity index (χ0v) is 12.1. The van der Waals surface area contributed by atoms with Gasteiger partial charge in [-0.3, -0.25) is 0 Å². The van der Waals surface area contributed by atoms with Gasteiger partial charge < -0.3 is 4.42 Å². The fourth-order valence-corrected chi connectivity index (χ4v) is 2.52. The molecule has 1 atom stereocenters. The Morgan fingerprint density at radius 3 is 2.00 bits per heavy atom. The van der Waals surface area contributed by atoms with Crippen LogP contribution in [0.3, 0.4) is 0 Å². The number of hydrogen-bond acceptors (Lipinski definition) is 1. The summed E-state index contributed by atoms with van der Waals surface area (Å²) in [5.74, 6) is 0.657. The Kier molecular flexibility index (Phi) is 3.81. The molecule has 1 unspecified atom stereocenters. The lowest BCUT2D eigenvalue weighted by molar-refractivity contribution is 0.518. The Morgan fingerprint density at radius 1 is 0.750 bits per heavy atom. The average Bonchev–Trinajstić information content (AvgIpc) is 2.94. The Morgan fingerprint density at radius 2 is 1.40 bits per heavy atom. The molecule has 1 nitrogen and oxygen atoms in total. The highest BCUT2D eigenvalue weighted by Crippen LogP contribution is 2.32. The van der Waals surface area contributed by atoms with Crippen molar-refractivity contribution in [2.75, 3.05) is 0 Å². The summed E-state index contributed by atoms with van der Waals surface area (Å²) < 4.78 is 5.35. The van der Waals surface area contributed by atoms with Crippen molar-refractivity contribution >= 4 is 23.2 Å². The molecule has 3 aromatic rings. The van der Waals surface area contributed by atoms with Crippen LogP contribution in [0.5, 0.6) is 0 Å². The van der Waals surface area contributed by atoms with Gasteiger partial charge >= 0.3 is 0 Å². The molecule has 0 spiro atoms. The summed E-state index contributed by atoms with van der Waals surface area (Å²) >= 11 is 12.2. The van der Waals surface area contributed by atoms with Gasteiger partial charge in [-0.1, -0.05) is 54.6 Å². The average molecular weight is 303 g/mol. The van der Waals surface area contributed by atoms with Gasteiger partial charge in [0, 0.05) is 0 Å². The second kappa shape index (κ2) is 5.74. The highest BCUT2D eigenvalue weighted by molar-refractivity contribution is 6.29. The molecule has 0 aliphatic heterocycles. The minimum atomic E-state index is -0.327. The van der Waals surface area contributed by atoms with E-state index in [2.05, 4.69) is 24.3 Å². The van der Waals surface area contributed by atoms with Gasteiger partial charge in [0.05, 0.1) is 0 Å². The summed E-state index contributed by atoms with van der Waals surface area (Å²) in [6.45, 7) is 0. The Labute approximate surface area is 127 Å². The lowest BCUT2D eigenvalue weighted by Gasteiger charge is -2.08. The molecule has 0 amide bonds. The Balaban J connectivity index is 1.86. The minimum Gasteiger partial charge on any atom is -0.448 e. The van der Waals surface area contributed by atoms with Crippen molar-refractivity contribution in [1.29, 1.82) is 0 Å². The predicted octanol–water partition coefficient (Wildman–Crippen LogP) is 5.93. The third kappa shape index (κ3) is 2.74. The van der Waals surface area contributed by atoms with Crippen molar-refractivity contribution in [3.8, 4) is 11.1 Å². The topological polar surface area (TPSA) is 13.1 Å². The lowest BCUT2D eigenvalue weighted by atomic mass is 10.0. The number of benzene rings is 2. The zero-order chi connectivity index (χ0) is 13.9. The van der Waals surface area contributed by atoms with Gasteiger partial charge in [-0.2, -0.15) is 0 Å². The first-order valence-electron chi connectivity index (χ1n) is 6.29. The van der Waals surface area contributed by atoms with Crippen LogP contribution in [0.15, 0.2) is 71.1 Å². The van der Waals surface area contributed by atoms with Crippen molar-refractivity contribution in [3.05, 3.63) is 83.3 Å². The maximum atomic E-state index is 6.39. The van der Waals surface area contributed by atoms with Gasteiger partial charge in [0.1, 0.15) is 11.1 Å². The molecule has 0 N–H and O–H groups in total. The van der Waals surface area contributed by atoms with Gasteiger partial charge in [0.25, 0.3) is 0 Å². The van der Waals surface area contributed by atoms with Crippen molar-refractivity contribution in [2.45, 2.75) is 5.38 Å². The van der Waals surface area contributed by atoms with Gasteiger partial charge in [-0.15, -0.1) is 11.6 Å². The minimum absolute atomic E-state index is 0.327. The molecule has 20 heavy (non-hydrogen) atoms. The standard InChI is InChI=1S/C17H12Cl2O/c18-16-11-10-15(20-16)17(19)14-8-6-13(7-9-14)12-4-2-1-3-5-12/h1-11,17H. The summed E-state index contributed by atoms with van der Waals surface area (Å²) in [5, 5.41) is 0.0267. The van der Waals surface area contributed by atoms with Crippen molar-refractivity contribution in [3.63, 3.8) is 0 Å². The lowest BCUT2D eigenvalue weighted by Crippen LogP contribution is -1.91. The molecular weight excluding hydrogens is 291 g/mol. The van der Waals surface area contributed by atoms with Crippen molar-refractivity contribution in [1.82, 2.24) is 0 Å². The summed E-state index contributed by atoms with van der Waals surface area (Å²) in [4.78, 5) is 0. The van der Waals surface area contributed by atoms with E-state index in [1.54, 1.807) is 12.1 Å². The van der Waals surface area contributed by atoms with E-state index < -0.39 is 0 Å². The highest BCUT2D eigenvalue weighted by atomic mass is 35.5. The quantitative estimate of drug-likeness (QED) is 0.547. The van der Waals surface area contributed by atoms with E-state index in [0.29, 0.717) is 11.0 Å². The van der Waals surface area contributed by atoms with Gasteiger partial charge in [-0.05, 0) is 40.4 Å². The number of furan rings is 1. The molecule has 0 fully saturated rings. The van der Waals surface area contributed by atoms with E-state index in [1.807, 2.05) is 30.3 Å². The largest absolute Gasteiger partial charge is 0.448 e.